The van der Waals surface area contributed by atoms with E-state index in [2.05, 4.69) is 9.97 Å². The normalized spacial score (nSPS) is 13.8. The highest BCUT2D eigenvalue weighted by Crippen LogP contribution is 2.34. The van der Waals surface area contributed by atoms with Gasteiger partial charge in [0.1, 0.15) is 23.7 Å². The molecule has 1 atom stereocenters. The summed E-state index contributed by atoms with van der Waals surface area (Å²) in [6, 6.07) is 7.43. The van der Waals surface area contributed by atoms with Crippen LogP contribution in [-0.2, 0) is 0 Å². The average molecular weight is 403 g/mol. The Balaban J connectivity index is 1.96. The molecule has 29 heavy (non-hydrogen) atoms. The number of benzene rings is 1. The number of nitrogens with two attached hydrogens (primary N) is 1. The van der Waals surface area contributed by atoms with Gasteiger partial charge in [-0.15, -0.1) is 0 Å². The zero-order valence-electron chi connectivity index (χ0n) is 16.6. The lowest BCUT2D eigenvalue weighted by molar-refractivity contribution is 0.139. The molecule has 0 radical (unpaired) electrons. The third-order valence-electron chi connectivity index (χ3n) is 4.56. The van der Waals surface area contributed by atoms with E-state index in [1.807, 2.05) is 20.8 Å². The standard InChI is InChI=1S/C22H24F3N3O/c1-13(2)10-22(3,26)12-29-19-11-28-18(9-16(19)21(24)25)14-7-8-27-20-15(14)5-4-6-17(20)23/h4-9,11,13,21H,10,12,26H2,1-3H3/t22-/m0/s1. The summed E-state index contributed by atoms with van der Waals surface area (Å²) in [5, 5.41) is 0.500. The zero-order valence-corrected chi connectivity index (χ0v) is 16.6. The molecule has 3 aromatic rings. The van der Waals surface area contributed by atoms with Crippen molar-refractivity contribution in [1.82, 2.24) is 9.97 Å². The lowest BCUT2D eigenvalue weighted by atomic mass is 9.93. The van der Waals surface area contributed by atoms with Crippen LogP contribution in [0.4, 0.5) is 13.2 Å². The Kier molecular flexibility index (Phi) is 6.07. The van der Waals surface area contributed by atoms with Gasteiger partial charge in [0.25, 0.3) is 6.43 Å². The molecule has 2 N–H and O–H groups in total. The van der Waals surface area contributed by atoms with E-state index in [0.29, 0.717) is 29.0 Å². The van der Waals surface area contributed by atoms with Crippen molar-refractivity contribution in [2.45, 2.75) is 39.2 Å². The summed E-state index contributed by atoms with van der Waals surface area (Å²) in [5.41, 5.74) is 6.26. The van der Waals surface area contributed by atoms with Crippen molar-refractivity contribution in [2.75, 3.05) is 6.61 Å². The molecule has 0 saturated heterocycles. The number of aromatic nitrogens is 2. The molecule has 2 heterocycles. The first-order chi connectivity index (χ1) is 13.7. The monoisotopic (exact) mass is 403 g/mol. The molecular formula is C22H24F3N3O. The largest absolute Gasteiger partial charge is 0.490 e. The van der Waals surface area contributed by atoms with Gasteiger partial charge < -0.3 is 10.5 Å². The van der Waals surface area contributed by atoms with Gasteiger partial charge in [-0.1, -0.05) is 26.0 Å². The molecule has 0 bridgehead atoms. The number of ether oxygens (including phenoxy) is 1. The van der Waals surface area contributed by atoms with Crippen LogP contribution in [0, 0.1) is 11.7 Å². The molecule has 0 aliphatic carbocycles. The summed E-state index contributed by atoms with van der Waals surface area (Å²) >= 11 is 0. The quantitative estimate of drug-likeness (QED) is 0.565. The molecule has 0 unspecified atom stereocenters. The minimum absolute atomic E-state index is 0.00581. The second-order valence-electron chi connectivity index (χ2n) is 7.94. The number of halogens is 3. The first-order valence-electron chi connectivity index (χ1n) is 9.41. The highest BCUT2D eigenvalue weighted by Gasteiger charge is 2.24. The van der Waals surface area contributed by atoms with Gasteiger partial charge in [0.05, 0.1) is 17.5 Å². The summed E-state index contributed by atoms with van der Waals surface area (Å²) in [5.74, 6) is -0.136. The van der Waals surface area contributed by atoms with Crippen molar-refractivity contribution in [3.63, 3.8) is 0 Å². The van der Waals surface area contributed by atoms with Crippen LogP contribution in [-0.4, -0.2) is 22.1 Å². The number of fused-ring (bicyclic) bond motifs is 1. The fourth-order valence-corrected chi connectivity index (χ4v) is 3.49. The Morgan fingerprint density at radius 3 is 2.62 bits per heavy atom. The number of alkyl halides is 2. The van der Waals surface area contributed by atoms with Crippen molar-refractivity contribution < 1.29 is 17.9 Å². The molecule has 3 rings (SSSR count). The predicted octanol–water partition coefficient (Wildman–Crippen LogP) is 5.52. The van der Waals surface area contributed by atoms with Crippen molar-refractivity contribution in [3.8, 4) is 17.0 Å². The van der Waals surface area contributed by atoms with E-state index in [0.717, 1.165) is 0 Å². The molecule has 0 fully saturated rings. The predicted molar refractivity (Wildman–Crippen MR) is 107 cm³/mol. The minimum Gasteiger partial charge on any atom is -0.490 e. The third kappa shape index (κ3) is 4.85. The number of pyridine rings is 2. The van der Waals surface area contributed by atoms with Gasteiger partial charge in [-0.2, -0.15) is 0 Å². The Bertz CT molecular complexity index is 1010. The van der Waals surface area contributed by atoms with Crippen molar-refractivity contribution in [2.24, 2.45) is 11.7 Å². The van der Waals surface area contributed by atoms with Crippen LogP contribution in [0.1, 0.15) is 39.2 Å². The van der Waals surface area contributed by atoms with Gasteiger partial charge in [-0.25, -0.2) is 13.2 Å². The minimum atomic E-state index is -2.76. The summed E-state index contributed by atoms with van der Waals surface area (Å²) in [6.07, 6.45) is 0.636. The fourth-order valence-electron chi connectivity index (χ4n) is 3.49. The van der Waals surface area contributed by atoms with E-state index < -0.39 is 17.8 Å². The van der Waals surface area contributed by atoms with Crippen LogP contribution in [0.15, 0.2) is 42.7 Å². The summed E-state index contributed by atoms with van der Waals surface area (Å²) in [4.78, 5) is 8.32. The fraction of sp³-hybridized carbons (Fsp3) is 0.364. The molecule has 2 aromatic heterocycles. The number of hydrogen-bond donors (Lipinski definition) is 1. The highest BCUT2D eigenvalue weighted by atomic mass is 19.3. The second-order valence-corrected chi connectivity index (χ2v) is 7.94. The molecule has 1 aromatic carbocycles. The number of rotatable bonds is 7. The maximum atomic E-state index is 14.0. The van der Waals surface area contributed by atoms with Gasteiger partial charge in [0, 0.05) is 22.7 Å². The topological polar surface area (TPSA) is 61.0 Å². The SMILES string of the molecule is CC(C)C[C@](C)(N)COc1cnc(-c2ccnc3c(F)cccc23)cc1C(F)F. The average Bonchev–Trinajstić information content (AvgIpc) is 2.65. The Morgan fingerprint density at radius 2 is 1.93 bits per heavy atom. The molecule has 154 valence electrons. The molecule has 0 aliphatic heterocycles. The molecule has 4 nitrogen and oxygen atoms in total. The van der Waals surface area contributed by atoms with Crippen LogP contribution in [0.5, 0.6) is 5.75 Å². The molecular weight excluding hydrogens is 379 g/mol. The molecule has 0 spiro atoms. The van der Waals surface area contributed by atoms with E-state index >= 15 is 0 Å². The number of para-hydroxylation sites is 1. The third-order valence-corrected chi connectivity index (χ3v) is 4.56. The zero-order chi connectivity index (χ0) is 21.2. The van der Waals surface area contributed by atoms with Crippen molar-refractivity contribution >= 4 is 10.9 Å². The van der Waals surface area contributed by atoms with Gasteiger partial charge in [-0.05, 0) is 37.5 Å². The first kappa shape index (κ1) is 21.0. The van der Waals surface area contributed by atoms with Gasteiger partial charge in [-0.3, -0.25) is 9.97 Å². The lowest BCUT2D eigenvalue weighted by Gasteiger charge is -2.27. The second kappa shape index (κ2) is 8.37. The van der Waals surface area contributed by atoms with Crippen LogP contribution in [0.2, 0.25) is 0 Å². The smallest absolute Gasteiger partial charge is 0.267 e. The van der Waals surface area contributed by atoms with E-state index in [-0.39, 0.29) is 23.4 Å². The Morgan fingerprint density at radius 1 is 1.17 bits per heavy atom. The lowest BCUT2D eigenvalue weighted by Crippen LogP contribution is -2.43. The Labute approximate surface area is 167 Å². The van der Waals surface area contributed by atoms with E-state index in [9.17, 15) is 13.2 Å². The maximum absolute atomic E-state index is 14.0. The summed E-state index contributed by atoms with van der Waals surface area (Å²) in [7, 11) is 0. The first-order valence-corrected chi connectivity index (χ1v) is 9.41. The van der Waals surface area contributed by atoms with Crippen LogP contribution < -0.4 is 10.5 Å². The van der Waals surface area contributed by atoms with Crippen molar-refractivity contribution in [1.29, 1.82) is 0 Å². The van der Waals surface area contributed by atoms with E-state index in [1.54, 1.807) is 18.2 Å². The molecule has 7 heteroatoms. The summed E-state index contributed by atoms with van der Waals surface area (Å²) < 4.78 is 47.1. The maximum Gasteiger partial charge on any atom is 0.267 e. The van der Waals surface area contributed by atoms with E-state index in [4.69, 9.17) is 10.5 Å². The van der Waals surface area contributed by atoms with E-state index in [1.165, 1.54) is 24.5 Å². The number of hydrogen-bond acceptors (Lipinski definition) is 4. The number of nitrogens with zero attached hydrogens (tertiary/aromatic N) is 2. The summed E-state index contributed by atoms with van der Waals surface area (Å²) in [6.45, 7) is 5.99. The van der Waals surface area contributed by atoms with Gasteiger partial charge in [0.2, 0.25) is 0 Å². The van der Waals surface area contributed by atoms with Crippen LogP contribution >= 0.6 is 0 Å². The molecule has 0 amide bonds. The van der Waals surface area contributed by atoms with Crippen LogP contribution in [0.25, 0.3) is 22.2 Å². The van der Waals surface area contributed by atoms with Crippen molar-refractivity contribution in [3.05, 3.63) is 54.1 Å². The van der Waals surface area contributed by atoms with Gasteiger partial charge in [0.15, 0.2) is 0 Å². The highest BCUT2D eigenvalue weighted by molar-refractivity contribution is 5.93. The Hall–Kier alpha value is -2.67. The molecule has 0 aliphatic rings. The molecule has 0 saturated carbocycles. The van der Waals surface area contributed by atoms with Crippen LogP contribution in [0.3, 0.4) is 0 Å². The van der Waals surface area contributed by atoms with Gasteiger partial charge >= 0.3 is 0 Å².